The number of carbonyl (C=O) groups excluding carboxylic acids is 3. The summed E-state index contributed by atoms with van der Waals surface area (Å²) in [4.78, 5) is 47.7. The van der Waals surface area contributed by atoms with Crippen LogP contribution in [-0.4, -0.2) is 64.7 Å². The van der Waals surface area contributed by atoms with Gasteiger partial charge < -0.3 is 29.6 Å². The van der Waals surface area contributed by atoms with Crippen molar-refractivity contribution in [1.82, 2.24) is 15.8 Å². The topological polar surface area (TPSA) is 146 Å². The zero-order valence-electron chi connectivity index (χ0n) is 28.1. The third-order valence-electron chi connectivity index (χ3n) is 6.37. The highest BCUT2D eigenvalue weighted by molar-refractivity contribution is 5.81. The van der Waals surface area contributed by atoms with Gasteiger partial charge in [0.1, 0.15) is 34.5 Å². The number of aryl methyl sites for hydroxylation is 1. The molecule has 45 heavy (non-hydrogen) atoms. The third-order valence-corrected chi connectivity index (χ3v) is 6.37. The average Bonchev–Trinajstić information content (AvgIpc) is 2.91. The molecule has 2 aromatic rings. The van der Waals surface area contributed by atoms with Gasteiger partial charge in [-0.15, -0.1) is 0 Å². The Hall–Kier alpha value is -4.06. The lowest BCUT2D eigenvalue weighted by Gasteiger charge is -2.39. The van der Waals surface area contributed by atoms with E-state index in [2.05, 4.69) is 21.1 Å². The number of carbonyl (C=O) groups is 3. The van der Waals surface area contributed by atoms with Crippen molar-refractivity contribution in [3.05, 3.63) is 42.1 Å². The first kappa shape index (κ1) is 35.4. The molecule has 12 heteroatoms. The second-order valence-electron chi connectivity index (χ2n) is 14.1. The maximum absolute atomic E-state index is 13.4. The van der Waals surface area contributed by atoms with Crippen molar-refractivity contribution in [3.63, 3.8) is 0 Å². The van der Waals surface area contributed by atoms with Crippen molar-refractivity contribution in [3.8, 4) is 16.9 Å². The number of hydrogen-bond donors (Lipinski definition) is 3. The van der Waals surface area contributed by atoms with Crippen LogP contribution in [0.3, 0.4) is 0 Å². The summed E-state index contributed by atoms with van der Waals surface area (Å²) < 4.78 is 22.4. The predicted octanol–water partition coefficient (Wildman–Crippen LogP) is 5.94. The van der Waals surface area contributed by atoms with Crippen LogP contribution in [0.1, 0.15) is 81.2 Å². The predicted molar refractivity (Wildman–Crippen MR) is 170 cm³/mol. The Balaban J connectivity index is 1.66. The summed E-state index contributed by atoms with van der Waals surface area (Å²) in [5, 5.41) is 5.88. The number of hydrogen-bond acceptors (Lipinski definition) is 10. The molecule has 248 valence electrons. The lowest BCUT2D eigenvalue weighted by molar-refractivity contribution is -0.205. The SMILES string of the molecule is CC(C)(C)OC(=O)NCCNc1ccc(-c2ccc3c(c2)CC[C@H](C(C)(ONC(=O)OC(C)(C)C)C(=O)OC(C)(C)C)O3)cn1. The quantitative estimate of drug-likeness (QED) is 0.132. The molecule has 1 aromatic heterocycles. The van der Waals surface area contributed by atoms with Crippen LogP contribution in [0.2, 0.25) is 0 Å². The molecule has 12 nitrogen and oxygen atoms in total. The minimum absolute atomic E-state index is 0.388. The fourth-order valence-electron chi connectivity index (χ4n) is 4.36. The van der Waals surface area contributed by atoms with Gasteiger partial charge in [0.2, 0.25) is 5.60 Å². The second kappa shape index (κ2) is 13.9. The van der Waals surface area contributed by atoms with Crippen LogP contribution in [0.15, 0.2) is 36.5 Å². The monoisotopic (exact) mass is 628 g/mol. The minimum Gasteiger partial charge on any atom is -0.486 e. The van der Waals surface area contributed by atoms with E-state index in [0.29, 0.717) is 37.5 Å². The number of pyridine rings is 1. The molecule has 0 saturated carbocycles. The summed E-state index contributed by atoms with van der Waals surface area (Å²) in [5.74, 6) is 0.612. The first-order valence-electron chi connectivity index (χ1n) is 15.1. The first-order chi connectivity index (χ1) is 20.7. The van der Waals surface area contributed by atoms with E-state index >= 15 is 0 Å². The van der Waals surface area contributed by atoms with Gasteiger partial charge in [0, 0.05) is 24.8 Å². The Bertz CT molecular complexity index is 1340. The van der Waals surface area contributed by atoms with Gasteiger partial charge in [0.15, 0.2) is 0 Å². The van der Waals surface area contributed by atoms with E-state index in [-0.39, 0.29) is 0 Å². The Morgan fingerprint density at radius 3 is 2.04 bits per heavy atom. The molecule has 3 N–H and O–H groups in total. The number of esters is 1. The van der Waals surface area contributed by atoms with Crippen LogP contribution in [0.5, 0.6) is 5.75 Å². The molecule has 0 fully saturated rings. The maximum atomic E-state index is 13.4. The summed E-state index contributed by atoms with van der Waals surface area (Å²) in [6.45, 7) is 18.3. The van der Waals surface area contributed by atoms with Crippen molar-refractivity contribution >= 4 is 24.0 Å². The zero-order chi connectivity index (χ0) is 33.6. The van der Waals surface area contributed by atoms with Crippen LogP contribution in [0.4, 0.5) is 15.4 Å². The number of alkyl carbamates (subject to hydrolysis) is 1. The van der Waals surface area contributed by atoms with Crippen LogP contribution < -0.4 is 20.9 Å². The molecule has 1 aliphatic rings. The number of nitrogens with one attached hydrogen (secondary N) is 3. The summed E-state index contributed by atoms with van der Waals surface area (Å²) in [5.41, 5.74) is 1.35. The van der Waals surface area contributed by atoms with Gasteiger partial charge in [-0.05, 0) is 117 Å². The molecule has 1 aliphatic heterocycles. The van der Waals surface area contributed by atoms with Crippen molar-refractivity contribution in [2.75, 3.05) is 18.4 Å². The van der Waals surface area contributed by atoms with Crippen molar-refractivity contribution in [2.45, 2.75) is 111 Å². The molecular weight excluding hydrogens is 580 g/mol. The number of aromatic nitrogens is 1. The van der Waals surface area contributed by atoms with E-state index in [0.717, 1.165) is 16.7 Å². The van der Waals surface area contributed by atoms with Crippen molar-refractivity contribution in [2.24, 2.45) is 0 Å². The van der Waals surface area contributed by atoms with Crippen LogP contribution in [-0.2, 0) is 30.3 Å². The third kappa shape index (κ3) is 11.1. The lowest BCUT2D eigenvalue weighted by Crippen LogP contribution is -2.58. The van der Waals surface area contributed by atoms with Gasteiger partial charge in [-0.3, -0.25) is 0 Å². The number of anilines is 1. The summed E-state index contributed by atoms with van der Waals surface area (Å²) >= 11 is 0. The van der Waals surface area contributed by atoms with Crippen molar-refractivity contribution in [1.29, 1.82) is 0 Å². The Morgan fingerprint density at radius 2 is 1.44 bits per heavy atom. The Kier molecular flexibility index (Phi) is 11.0. The van der Waals surface area contributed by atoms with E-state index in [1.54, 1.807) is 47.7 Å². The summed E-state index contributed by atoms with van der Waals surface area (Å²) in [6.07, 6.45) is 0.756. The van der Waals surface area contributed by atoms with Gasteiger partial charge in [0.05, 0.1) is 0 Å². The minimum atomic E-state index is -1.66. The number of rotatable bonds is 9. The fraction of sp³-hybridized carbons (Fsp3) is 0.576. The van der Waals surface area contributed by atoms with Gasteiger partial charge >= 0.3 is 18.2 Å². The smallest absolute Gasteiger partial charge is 0.431 e. The zero-order valence-corrected chi connectivity index (χ0v) is 28.1. The molecule has 2 atom stereocenters. The molecule has 2 heterocycles. The highest BCUT2D eigenvalue weighted by Gasteiger charge is 2.50. The lowest BCUT2D eigenvalue weighted by atomic mass is 9.89. The number of amides is 2. The van der Waals surface area contributed by atoms with Crippen LogP contribution >= 0.6 is 0 Å². The van der Waals surface area contributed by atoms with Gasteiger partial charge in [-0.1, -0.05) is 6.07 Å². The standard InChI is InChI=1S/C33H48N4O8/c1-30(2,3)42-27(38)33(10,45-37-29(40)44-32(7,8)9)25-15-12-22-19-21(11-14-24(22)41-25)23-13-16-26(36-20-23)34-17-18-35-28(39)43-31(4,5)6/h11,13-14,16,19-20,25H,12,15,17-18H2,1-10H3,(H,34,36)(H,35,39)(H,37,40)/t25-,33?/m1/s1. The molecular formula is C33H48N4O8. The second-order valence-corrected chi connectivity index (χ2v) is 14.1. The number of hydroxylamine groups is 1. The molecule has 1 unspecified atom stereocenters. The van der Waals surface area contributed by atoms with E-state index in [4.69, 9.17) is 23.8 Å². The summed E-state index contributed by atoms with van der Waals surface area (Å²) in [6, 6.07) is 9.63. The molecule has 3 rings (SSSR count). The molecule has 0 spiro atoms. The number of nitrogens with zero attached hydrogens (tertiary/aromatic N) is 1. The number of benzene rings is 1. The highest BCUT2D eigenvalue weighted by atomic mass is 16.7. The highest BCUT2D eigenvalue weighted by Crippen LogP contribution is 2.36. The molecule has 0 bridgehead atoms. The van der Waals surface area contributed by atoms with Gasteiger partial charge in [-0.25, -0.2) is 24.2 Å². The average molecular weight is 629 g/mol. The summed E-state index contributed by atoms with van der Waals surface area (Å²) in [7, 11) is 0. The largest absolute Gasteiger partial charge is 0.486 e. The fourth-order valence-corrected chi connectivity index (χ4v) is 4.36. The molecule has 0 aliphatic carbocycles. The van der Waals surface area contributed by atoms with Gasteiger partial charge in [0.25, 0.3) is 0 Å². The van der Waals surface area contributed by atoms with Crippen molar-refractivity contribution < 1.29 is 38.2 Å². The van der Waals surface area contributed by atoms with E-state index in [1.165, 1.54) is 6.92 Å². The van der Waals surface area contributed by atoms with E-state index in [9.17, 15) is 14.4 Å². The molecule has 1 aromatic carbocycles. The molecule has 0 radical (unpaired) electrons. The molecule has 2 amide bonds. The Labute approximate surface area is 265 Å². The Morgan fingerprint density at radius 1 is 0.822 bits per heavy atom. The van der Waals surface area contributed by atoms with Crippen LogP contribution in [0.25, 0.3) is 11.1 Å². The van der Waals surface area contributed by atoms with Crippen LogP contribution in [0, 0.1) is 0 Å². The number of fused-ring (bicyclic) bond motifs is 1. The van der Waals surface area contributed by atoms with Gasteiger partial charge in [-0.2, -0.15) is 5.48 Å². The maximum Gasteiger partial charge on any atom is 0.431 e. The molecule has 0 saturated heterocycles. The van der Waals surface area contributed by atoms with E-state index in [1.807, 2.05) is 51.1 Å². The number of ether oxygens (including phenoxy) is 4. The van der Waals surface area contributed by atoms with E-state index < -0.39 is 46.7 Å². The normalized spacial score (nSPS) is 16.3. The first-order valence-corrected chi connectivity index (χ1v) is 15.1.